The van der Waals surface area contributed by atoms with Crippen LogP contribution in [0.5, 0.6) is 5.75 Å². The zero-order chi connectivity index (χ0) is 14.5. The largest absolute Gasteiger partial charge is 0.508 e. The Balaban J connectivity index is 1.90. The highest BCUT2D eigenvalue weighted by molar-refractivity contribution is 5.78. The molecule has 2 rings (SSSR count). The zero-order valence-electron chi connectivity index (χ0n) is 10.6. The highest BCUT2D eigenvalue weighted by Crippen LogP contribution is 2.10. The molecule has 0 aliphatic carbocycles. The van der Waals surface area contributed by atoms with Crippen molar-refractivity contribution in [3.8, 4) is 5.75 Å². The van der Waals surface area contributed by atoms with Gasteiger partial charge in [-0.3, -0.25) is 4.79 Å². The second-order valence-corrected chi connectivity index (χ2v) is 4.40. The summed E-state index contributed by atoms with van der Waals surface area (Å²) >= 11 is 0. The number of aromatic hydroxyl groups is 1. The fraction of sp³-hybridized carbons (Fsp3) is 0.133. The van der Waals surface area contributed by atoms with Crippen molar-refractivity contribution in [1.82, 2.24) is 5.32 Å². The summed E-state index contributed by atoms with van der Waals surface area (Å²) in [6, 6.07) is 9.37. The number of halogens is 2. The van der Waals surface area contributed by atoms with Crippen LogP contribution in [0.15, 0.2) is 42.5 Å². The predicted molar refractivity (Wildman–Crippen MR) is 70.0 cm³/mol. The standard InChI is InChI=1S/C15H13F2NO2/c16-12-5-11(6-13(17)8-12)9-18-15(20)7-10-1-3-14(19)4-2-10/h1-6,8,19H,7,9H2,(H,18,20). The Kier molecular flexibility index (Phi) is 4.30. The number of carbonyl (C=O) groups excluding carboxylic acids is 1. The fourth-order valence-corrected chi connectivity index (χ4v) is 1.78. The third-order valence-corrected chi connectivity index (χ3v) is 2.71. The minimum absolute atomic E-state index is 0.0611. The van der Waals surface area contributed by atoms with Crippen LogP contribution in [0, 0.1) is 11.6 Å². The van der Waals surface area contributed by atoms with Crippen molar-refractivity contribution in [1.29, 1.82) is 0 Å². The monoisotopic (exact) mass is 277 g/mol. The van der Waals surface area contributed by atoms with Gasteiger partial charge in [-0.15, -0.1) is 0 Å². The molecule has 0 heterocycles. The molecule has 0 aliphatic heterocycles. The molecule has 0 atom stereocenters. The van der Waals surface area contributed by atoms with Crippen LogP contribution in [-0.2, 0) is 17.8 Å². The molecule has 2 aromatic rings. The van der Waals surface area contributed by atoms with Crippen LogP contribution >= 0.6 is 0 Å². The lowest BCUT2D eigenvalue weighted by Crippen LogP contribution is -2.24. The summed E-state index contributed by atoms with van der Waals surface area (Å²) in [5.41, 5.74) is 1.10. The maximum atomic E-state index is 13.0. The first-order chi connectivity index (χ1) is 9.52. The van der Waals surface area contributed by atoms with Gasteiger partial charge in [0.15, 0.2) is 0 Å². The van der Waals surface area contributed by atoms with Gasteiger partial charge in [0, 0.05) is 12.6 Å². The topological polar surface area (TPSA) is 49.3 Å². The van der Waals surface area contributed by atoms with Gasteiger partial charge in [0.1, 0.15) is 17.4 Å². The van der Waals surface area contributed by atoms with E-state index in [1.165, 1.54) is 24.3 Å². The van der Waals surface area contributed by atoms with Gasteiger partial charge in [-0.1, -0.05) is 12.1 Å². The van der Waals surface area contributed by atoms with Gasteiger partial charge in [-0.25, -0.2) is 8.78 Å². The second kappa shape index (κ2) is 6.14. The summed E-state index contributed by atoms with van der Waals surface area (Å²) in [6.07, 6.45) is 0.137. The van der Waals surface area contributed by atoms with Crippen molar-refractivity contribution in [3.63, 3.8) is 0 Å². The number of benzene rings is 2. The number of carbonyl (C=O) groups is 1. The van der Waals surface area contributed by atoms with Gasteiger partial charge >= 0.3 is 0 Å². The number of rotatable bonds is 4. The Morgan fingerprint density at radius 1 is 1.00 bits per heavy atom. The van der Waals surface area contributed by atoms with E-state index in [0.717, 1.165) is 11.6 Å². The van der Waals surface area contributed by atoms with Crippen LogP contribution in [0.2, 0.25) is 0 Å². The molecule has 20 heavy (non-hydrogen) atoms. The Morgan fingerprint density at radius 2 is 1.60 bits per heavy atom. The molecular weight excluding hydrogens is 264 g/mol. The number of phenolic OH excluding ortho intramolecular Hbond substituents is 1. The lowest BCUT2D eigenvalue weighted by Gasteiger charge is -2.06. The van der Waals surface area contributed by atoms with Crippen LogP contribution in [0.1, 0.15) is 11.1 Å². The summed E-state index contributed by atoms with van der Waals surface area (Å²) in [5.74, 6) is -1.48. The molecule has 0 spiro atoms. The number of phenols is 1. The molecule has 0 bridgehead atoms. The lowest BCUT2D eigenvalue weighted by atomic mass is 10.1. The summed E-state index contributed by atoms with van der Waals surface area (Å²) < 4.78 is 25.9. The SMILES string of the molecule is O=C(Cc1ccc(O)cc1)NCc1cc(F)cc(F)c1. The lowest BCUT2D eigenvalue weighted by molar-refractivity contribution is -0.120. The summed E-state index contributed by atoms with van der Waals surface area (Å²) in [7, 11) is 0. The molecular formula is C15H13F2NO2. The van der Waals surface area contributed by atoms with Crippen molar-refractivity contribution in [2.45, 2.75) is 13.0 Å². The normalized spacial score (nSPS) is 10.3. The van der Waals surface area contributed by atoms with Crippen LogP contribution < -0.4 is 5.32 Å². The number of hydrogen-bond donors (Lipinski definition) is 2. The van der Waals surface area contributed by atoms with Crippen LogP contribution in [-0.4, -0.2) is 11.0 Å². The second-order valence-electron chi connectivity index (χ2n) is 4.40. The quantitative estimate of drug-likeness (QED) is 0.902. The Bertz CT molecular complexity index is 592. The molecule has 2 N–H and O–H groups in total. The van der Waals surface area contributed by atoms with E-state index in [4.69, 9.17) is 5.11 Å². The van der Waals surface area contributed by atoms with Crippen molar-refractivity contribution in [3.05, 3.63) is 65.2 Å². The molecule has 0 saturated heterocycles. The molecule has 1 amide bonds. The van der Waals surface area contributed by atoms with E-state index in [1.807, 2.05) is 0 Å². The van der Waals surface area contributed by atoms with E-state index < -0.39 is 11.6 Å². The summed E-state index contributed by atoms with van der Waals surface area (Å²) in [6.45, 7) is 0.0611. The summed E-state index contributed by atoms with van der Waals surface area (Å²) in [4.78, 5) is 11.7. The first kappa shape index (κ1) is 14.0. The van der Waals surface area contributed by atoms with Crippen molar-refractivity contribution < 1.29 is 18.7 Å². The van der Waals surface area contributed by atoms with Crippen molar-refractivity contribution in [2.75, 3.05) is 0 Å². The Hall–Kier alpha value is -2.43. The van der Waals surface area contributed by atoms with E-state index in [-0.39, 0.29) is 24.6 Å². The fourth-order valence-electron chi connectivity index (χ4n) is 1.78. The van der Waals surface area contributed by atoms with E-state index in [1.54, 1.807) is 12.1 Å². The smallest absolute Gasteiger partial charge is 0.224 e. The molecule has 5 heteroatoms. The first-order valence-electron chi connectivity index (χ1n) is 6.02. The zero-order valence-corrected chi connectivity index (χ0v) is 10.6. The maximum absolute atomic E-state index is 13.0. The molecule has 3 nitrogen and oxygen atoms in total. The molecule has 0 saturated carbocycles. The van der Waals surface area contributed by atoms with Gasteiger partial charge in [-0.2, -0.15) is 0 Å². The minimum Gasteiger partial charge on any atom is -0.508 e. The molecule has 0 fully saturated rings. The van der Waals surface area contributed by atoms with Crippen LogP contribution in [0.25, 0.3) is 0 Å². The molecule has 0 aromatic heterocycles. The summed E-state index contributed by atoms with van der Waals surface area (Å²) in [5, 5.41) is 11.7. The first-order valence-corrected chi connectivity index (χ1v) is 6.02. The third-order valence-electron chi connectivity index (χ3n) is 2.71. The number of amides is 1. The van der Waals surface area contributed by atoms with Crippen molar-refractivity contribution in [2.24, 2.45) is 0 Å². The predicted octanol–water partition coefficient (Wildman–Crippen LogP) is 2.53. The third kappa shape index (κ3) is 4.05. The highest BCUT2D eigenvalue weighted by atomic mass is 19.1. The van der Waals surface area contributed by atoms with Gasteiger partial charge in [0.25, 0.3) is 0 Å². The Labute approximate surface area is 114 Å². The molecule has 0 unspecified atom stereocenters. The molecule has 0 radical (unpaired) electrons. The van der Waals surface area contributed by atoms with Crippen molar-refractivity contribution >= 4 is 5.91 Å². The molecule has 2 aromatic carbocycles. The minimum atomic E-state index is -0.673. The van der Waals surface area contributed by atoms with E-state index >= 15 is 0 Å². The van der Waals surface area contributed by atoms with E-state index in [9.17, 15) is 13.6 Å². The molecule has 104 valence electrons. The van der Waals surface area contributed by atoms with Gasteiger partial charge in [-0.05, 0) is 35.4 Å². The number of nitrogens with one attached hydrogen (secondary N) is 1. The van der Waals surface area contributed by atoms with Gasteiger partial charge < -0.3 is 10.4 Å². The van der Waals surface area contributed by atoms with Crippen LogP contribution in [0.4, 0.5) is 8.78 Å². The maximum Gasteiger partial charge on any atom is 0.224 e. The van der Waals surface area contributed by atoms with E-state index in [0.29, 0.717) is 5.56 Å². The average molecular weight is 277 g/mol. The average Bonchev–Trinajstić information content (AvgIpc) is 2.38. The molecule has 0 aliphatic rings. The Morgan fingerprint density at radius 3 is 2.20 bits per heavy atom. The van der Waals surface area contributed by atoms with Gasteiger partial charge in [0.2, 0.25) is 5.91 Å². The van der Waals surface area contributed by atoms with E-state index in [2.05, 4.69) is 5.32 Å². The highest BCUT2D eigenvalue weighted by Gasteiger charge is 2.05. The van der Waals surface area contributed by atoms with Gasteiger partial charge in [0.05, 0.1) is 6.42 Å². The van der Waals surface area contributed by atoms with Crippen LogP contribution in [0.3, 0.4) is 0 Å². The number of hydrogen-bond acceptors (Lipinski definition) is 2.